The van der Waals surface area contributed by atoms with E-state index in [4.69, 9.17) is 0 Å². The molecule has 0 aliphatic carbocycles. The van der Waals surface area contributed by atoms with Gasteiger partial charge < -0.3 is 10.1 Å². The number of amides is 1. The maximum absolute atomic E-state index is 13.2. The fourth-order valence-electron chi connectivity index (χ4n) is 1.24. The summed E-state index contributed by atoms with van der Waals surface area (Å²) in [6.07, 6.45) is 0. The van der Waals surface area contributed by atoms with E-state index in [1.807, 2.05) is 6.07 Å². The molecule has 0 saturated carbocycles. The summed E-state index contributed by atoms with van der Waals surface area (Å²) in [5.41, 5.74) is 0.695. The minimum Gasteiger partial charge on any atom is -0.375 e. The first-order valence-electron chi connectivity index (χ1n) is 5.31. The van der Waals surface area contributed by atoms with Crippen LogP contribution in [0.1, 0.15) is 5.56 Å². The molecular formula is C12H16FNO2S. The number of thioether (sulfide) groups is 1. The van der Waals surface area contributed by atoms with E-state index in [9.17, 15) is 9.18 Å². The molecule has 1 aromatic carbocycles. The molecule has 1 rings (SSSR count). The summed E-state index contributed by atoms with van der Waals surface area (Å²) in [6.45, 7) is 0.652. The highest BCUT2D eigenvalue weighted by atomic mass is 32.2. The molecule has 0 bridgehead atoms. The second-order valence-corrected chi connectivity index (χ2v) is 4.53. The Kier molecular flexibility index (Phi) is 6.65. The third-order valence-corrected chi connectivity index (χ3v) is 3.07. The van der Waals surface area contributed by atoms with E-state index in [-0.39, 0.29) is 18.3 Å². The topological polar surface area (TPSA) is 38.3 Å². The molecule has 0 saturated heterocycles. The van der Waals surface area contributed by atoms with Crippen molar-refractivity contribution in [3.63, 3.8) is 0 Å². The van der Waals surface area contributed by atoms with Crippen molar-refractivity contribution in [1.29, 1.82) is 0 Å². The molecular weight excluding hydrogens is 241 g/mol. The fourth-order valence-corrected chi connectivity index (χ4v) is 2.09. The van der Waals surface area contributed by atoms with E-state index < -0.39 is 0 Å². The van der Waals surface area contributed by atoms with Gasteiger partial charge in [0.1, 0.15) is 12.4 Å². The first kappa shape index (κ1) is 14.0. The van der Waals surface area contributed by atoms with Crippen molar-refractivity contribution < 1.29 is 13.9 Å². The van der Waals surface area contributed by atoms with E-state index in [1.165, 1.54) is 13.2 Å². The van der Waals surface area contributed by atoms with Crippen LogP contribution in [0.5, 0.6) is 0 Å². The second-order valence-electron chi connectivity index (χ2n) is 3.43. The number of halogens is 1. The van der Waals surface area contributed by atoms with E-state index in [2.05, 4.69) is 10.1 Å². The number of carbonyl (C=O) groups excluding carboxylic acids is 1. The van der Waals surface area contributed by atoms with E-state index >= 15 is 0 Å². The largest absolute Gasteiger partial charge is 0.375 e. The maximum Gasteiger partial charge on any atom is 0.246 e. The van der Waals surface area contributed by atoms with Gasteiger partial charge in [-0.3, -0.25) is 4.79 Å². The van der Waals surface area contributed by atoms with Gasteiger partial charge in [-0.05, 0) is 11.6 Å². The molecule has 0 aliphatic rings. The first-order valence-corrected chi connectivity index (χ1v) is 6.46. The van der Waals surface area contributed by atoms with Crippen LogP contribution in [0.4, 0.5) is 4.39 Å². The molecule has 0 atom stereocenters. The average molecular weight is 257 g/mol. The summed E-state index contributed by atoms with van der Waals surface area (Å²) >= 11 is 1.59. The van der Waals surface area contributed by atoms with Crippen molar-refractivity contribution in [2.75, 3.05) is 26.0 Å². The van der Waals surface area contributed by atoms with Crippen LogP contribution in [0, 0.1) is 5.82 Å². The Hall–Kier alpha value is -1.07. The quantitative estimate of drug-likeness (QED) is 0.757. The molecule has 5 heteroatoms. The third-order valence-electron chi connectivity index (χ3n) is 2.06. The molecule has 1 N–H and O–H groups in total. The van der Waals surface area contributed by atoms with Crippen molar-refractivity contribution in [3.8, 4) is 0 Å². The van der Waals surface area contributed by atoms with Crippen LogP contribution in [0.25, 0.3) is 0 Å². The minimum absolute atomic E-state index is 0.0813. The highest BCUT2D eigenvalue weighted by Crippen LogP contribution is 2.14. The Labute approximate surface area is 105 Å². The zero-order chi connectivity index (χ0) is 12.5. The Morgan fingerprint density at radius 3 is 2.94 bits per heavy atom. The number of hydrogen-bond donors (Lipinski definition) is 1. The van der Waals surface area contributed by atoms with Gasteiger partial charge in [0.25, 0.3) is 0 Å². The van der Waals surface area contributed by atoms with Crippen molar-refractivity contribution in [3.05, 3.63) is 35.6 Å². The number of ether oxygens (including phenoxy) is 1. The van der Waals surface area contributed by atoms with Crippen LogP contribution in [-0.4, -0.2) is 31.9 Å². The van der Waals surface area contributed by atoms with Gasteiger partial charge in [0.15, 0.2) is 0 Å². The second kappa shape index (κ2) is 8.08. The van der Waals surface area contributed by atoms with Crippen LogP contribution >= 0.6 is 11.8 Å². The monoisotopic (exact) mass is 257 g/mol. The predicted molar refractivity (Wildman–Crippen MR) is 67.4 cm³/mol. The van der Waals surface area contributed by atoms with Crippen LogP contribution in [-0.2, 0) is 15.3 Å². The van der Waals surface area contributed by atoms with Crippen molar-refractivity contribution in [2.24, 2.45) is 0 Å². The highest BCUT2D eigenvalue weighted by Gasteiger charge is 2.01. The molecule has 1 aromatic rings. The van der Waals surface area contributed by atoms with E-state index in [1.54, 1.807) is 23.9 Å². The molecule has 3 nitrogen and oxygen atoms in total. The van der Waals surface area contributed by atoms with Gasteiger partial charge in [-0.2, -0.15) is 11.8 Å². The van der Waals surface area contributed by atoms with E-state index in [0.717, 1.165) is 5.75 Å². The highest BCUT2D eigenvalue weighted by molar-refractivity contribution is 7.98. The Morgan fingerprint density at radius 2 is 2.24 bits per heavy atom. The lowest BCUT2D eigenvalue weighted by atomic mass is 10.2. The average Bonchev–Trinajstić information content (AvgIpc) is 2.31. The normalized spacial score (nSPS) is 10.2. The van der Waals surface area contributed by atoms with Crippen LogP contribution in [0.15, 0.2) is 24.3 Å². The Balaban J connectivity index is 2.13. The number of hydrogen-bond acceptors (Lipinski definition) is 3. The Bertz CT molecular complexity index is 360. The number of methoxy groups -OCH3 is 1. The summed E-state index contributed by atoms with van der Waals surface area (Å²) in [5.74, 6) is 1.07. The molecule has 0 aromatic heterocycles. The van der Waals surface area contributed by atoms with Crippen LogP contribution in [0.3, 0.4) is 0 Å². The minimum atomic E-state index is -0.177. The number of rotatable bonds is 7. The van der Waals surface area contributed by atoms with Gasteiger partial charge in [0, 0.05) is 25.2 Å². The zero-order valence-corrected chi connectivity index (χ0v) is 10.6. The lowest BCUT2D eigenvalue weighted by Gasteiger charge is -2.05. The van der Waals surface area contributed by atoms with Gasteiger partial charge in [-0.25, -0.2) is 4.39 Å². The molecule has 94 valence electrons. The SMILES string of the molecule is COCC(=O)NCCSCc1ccccc1F. The summed E-state index contributed by atoms with van der Waals surface area (Å²) in [4.78, 5) is 11.0. The smallest absolute Gasteiger partial charge is 0.246 e. The first-order chi connectivity index (χ1) is 8.24. The Morgan fingerprint density at radius 1 is 1.47 bits per heavy atom. The third kappa shape index (κ3) is 5.70. The number of benzene rings is 1. The molecule has 0 aliphatic heterocycles. The van der Waals surface area contributed by atoms with Gasteiger partial charge in [-0.1, -0.05) is 18.2 Å². The van der Waals surface area contributed by atoms with Crippen molar-refractivity contribution in [1.82, 2.24) is 5.32 Å². The summed E-state index contributed by atoms with van der Waals surface area (Å²) < 4.78 is 17.9. The molecule has 1 amide bonds. The number of nitrogens with one attached hydrogen (secondary N) is 1. The summed E-state index contributed by atoms with van der Waals surface area (Å²) in [6, 6.07) is 6.72. The molecule has 0 unspecified atom stereocenters. The van der Waals surface area contributed by atoms with Gasteiger partial charge >= 0.3 is 0 Å². The fraction of sp³-hybridized carbons (Fsp3) is 0.417. The molecule has 0 radical (unpaired) electrons. The molecule has 0 fully saturated rings. The van der Waals surface area contributed by atoms with Gasteiger partial charge in [0.05, 0.1) is 0 Å². The standard InChI is InChI=1S/C12H16FNO2S/c1-16-8-12(15)14-6-7-17-9-10-4-2-3-5-11(10)13/h2-5H,6-9H2,1H3,(H,14,15). The lowest BCUT2D eigenvalue weighted by molar-refractivity contribution is -0.124. The van der Waals surface area contributed by atoms with Crippen LogP contribution < -0.4 is 5.32 Å². The van der Waals surface area contributed by atoms with Crippen molar-refractivity contribution in [2.45, 2.75) is 5.75 Å². The summed E-state index contributed by atoms with van der Waals surface area (Å²) in [5, 5.41) is 2.71. The number of carbonyl (C=O) groups is 1. The van der Waals surface area contributed by atoms with Crippen molar-refractivity contribution >= 4 is 17.7 Å². The molecule has 17 heavy (non-hydrogen) atoms. The zero-order valence-electron chi connectivity index (χ0n) is 9.74. The maximum atomic E-state index is 13.2. The van der Waals surface area contributed by atoms with E-state index in [0.29, 0.717) is 17.9 Å². The van der Waals surface area contributed by atoms with Gasteiger partial charge in [-0.15, -0.1) is 0 Å². The van der Waals surface area contributed by atoms with Crippen LogP contribution in [0.2, 0.25) is 0 Å². The predicted octanol–water partition coefficient (Wildman–Crippen LogP) is 1.82. The summed E-state index contributed by atoms with van der Waals surface area (Å²) in [7, 11) is 1.48. The molecule has 0 spiro atoms. The molecule has 0 heterocycles. The van der Waals surface area contributed by atoms with Gasteiger partial charge in [0.2, 0.25) is 5.91 Å². The lowest BCUT2D eigenvalue weighted by Crippen LogP contribution is -2.29.